The van der Waals surface area contributed by atoms with Gasteiger partial charge in [-0.15, -0.1) is 11.3 Å². The van der Waals surface area contributed by atoms with Crippen molar-refractivity contribution in [3.63, 3.8) is 0 Å². The van der Waals surface area contributed by atoms with E-state index in [1.807, 2.05) is 22.4 Å². The summed E-state index contributed by atoms with van der Waals surface area (Å²) in [6, 6.07) is 14.6. The highest BCUT2D eigenvalue weighted by Crippen LogP contribution is 2.32. The van der Waals surface area contributed by atoms with E-state index in [0.717, 1.165) is 24.4 Å². The lowest BCUT2D eigenvalue weighted by atomic mass is 10.0. The molecule has 0 N–H and O–H groups in total. The minimum Gasteiger partial charge on any atom is -0.347 e. The Morgan fingerprint density at radius 3 is 2.86 bits per heavy atom. The third-order valence-corrected chi connectivity index (χ3v) is 5.47. The van der Waals surface area contributed by atoms with E-state index < -0.39 is 0 Å². The molecule has 0 saturated carbocycles. The number of carbonyl (C=O) groups excluding carboxylic acids is 1. The monoisotopic (exact) mass is 310 g/mol. The highest BCUT2D eigenvalue weighted by atomic mass is 32.1. The van der Waals surface area contributed by atoms with Crippen molar-refractivity contribution in [2.45, 2.75) is 12.3 Å². The Morgan fingerprint density at radius 1 is 1.23 bits per heavy atom. The first-order valence-corrected chi connectivity index (χ1v) is 8.49. The van der Waals surface area contributed by atoms with Crippen molar-refractivity contribution >= 4 is 28.1 Å². The molecule has 1 aliphatic rings. The molecule has 1 aliphatic heterocycles. The molecule has 0 radical (unpaired) electrons. The number of thiophene rings is 1. The second kappa shape index (κ2) is 5.29. The molecule has 1 atom stereocenters. The quantitative estimate of drug-likeness (QED) is 0.705. The molecule has 0 bridgehead atoms. The Bertz CT molecular complexity index is 819. The zero-order chi connectivity index (χ0) is 15.1. The van der Waals surface area contributed by atoms with Crippen LogP contribution in [0.25, 0.3) is 10.9 Å². The SMILES string of the molecule is Cn1c(C2CCN(C(=O)c3cccs3)C2)cc2ccccc21. The van der Waals surface area contributed by atoms with Gasteiger partial charge in [0.25, 0.3) is 5.91 Å². The molecule has 0 aliphatic carbocycles. The maximum atomic E-state index is 12.5. The zero-order valence-corrected chi connectivity index (χ0v) is 13.3. The van der Waals surface area contributed by atoms with Crippen molar-refractivity contribution < 1.29 is 4.79 Å². The number of carbonyl (C=O) groups is 1. The van der Waals surface area contributed by atoms with Crippen molar-refractivity contribution in [3.8, 4) is 0 Å². The molecule has 3 aromatic rings. The summed E-state index contributed by atoms with van der Waals surface area (Å²) in [6.45, 7) is 1.67. The summed E-state index contributed by atoms with van der Waals surface area (Å²) in [6.07, 6.45) is 1.04. The van der Waals surface area contributed by atoms with Crippen LogP contribution in [0.4, 0.5) is 0 Å². The molecule has 2 aromatic heterocycles. The first-order chi connectivity index (χ1) is 10.7. The normalized spacial score (nSPS) is 18.2. The average molecular weight is 310 g/mol. The number of benzene rings is 1. The van der Waals surface area contributed by atoms with Gasteiger partial charge in [0.15, 0.2) is 0 Å². The van der Waals surface area contributed by atoms with Crippen LogP contribution in [0.1, 0.15) is 27.7 Å². The van der Waals surface area contributed by atoms with E-state index >= 15 is 0 Å². The van der Waals surface area contributed by atoms with Gasteiger partial charge in [-0.05, 0) is 35.4 Å². The lowest BCUT2D eigenvalue weighted by Crippen LogP contribution is -2.27. The van der Waals surface area contributed by atoms with Crippen LogP contribution in [-0.2, 0) is 7.05 Å². The van der Waals surface area contributed by atoms with Gasteiger partial charge in [0, 0.05) is 37.3 Å². The Labute approximate surface area is 133 Å². The molecular formula is C18H18N2OS. The molecule has 3 heterocycles. The number of likely N-dealkylation sites (tertiary alicyclic amines) is 1. The fraction of sp³-hybridized carbons (Fsp3) is 0.278. The predicted octanol–water partition coefficient (Wildman–Crippen LogP) is 3.87. The summed E-state index contributed by atoms with van der Waals surface area (Å²) >= 11 is 1.53. The Balaban J connectivity index is 1.59. The van der Waals surface area contributed by atoms with Crippen LogP contribution in [0.2, 0.25) is 0 Å². The number of rotatable bonds is 2. The van der Waals surface area contributed by atoms with Gasteiger partial charge >= 0.3 is 0 Å². The fourth-order valence-electron chi connectivity index (χ4n) is 3.44. The van der Waals surface area contributed by atoms with E-state index in [-0.39, 0.29) is 5.91 Å². The minimum atomic E-state index is 0.177. The lowest BCUT2D eigenvalue weighted by Gasteiger charge is -2.16. The summed E-state index contributed by atoms with van der Waals surface area (Å²) in [5.74, 6) is 0.609. The van der Waals surface area contributed by atoms with Gasteiger partial charge in [0.2, 0.25) is 0 Å². The summed E-state index contributed by atoms with van der Waals surface area (Å²) in [4.78, 5) is 15.3. The van der Waals surface area contributed by atoms with Crippen molar-refractivity contribution in [2.24, 2.45) is 7.05 Å². The van der Waals surface area contributed by atoms with Gasteiger partial charge in [-0.3, -0.25) is 4.79 Å². The second-order valence-electron chi connectivity index (χ2n) is 5.90. The number of para-hydroxylation sites is 1. The topological polar surface area (TPSA) is 25.2 Å². The van der Waals surface area contributed by atoms with E-state index in [4.69, 9.17) is 0 Å². The van der Waals surface area contributed by atoms with E-state index in [0.29, 0.717) is 5.92 Å². The average Bonchev–Trinajstić information content (AvgIpc) is 3.27. The van der Waals surface area contributed by atoms with Crippen LogP contribution < -0.4 is 0 Å². The van der Waals surface area contributed by atoms with Crippen LogP contribution in [0.5, 0.6) is 0 Å². The van der Waals surface area contributed by atoms with Gasteiger partial charge in [-0.2, -0.15) is 0 Å². The molecule has 1 fully saturated rings. The van der Waals surface area contributed by atoms with Gasteiger partial charge in [0.1, 0.15) is 0 Å². The highest BCUT2D eigenvalue weighted by molar-refractivity contribution is 7.12. The largest absolute Gasteiger partial charge is 0.347 e. The van der Waals surface area contributed by atoms with E-state index in [2.05, 4.69) is 41.9 Å². The summed E-state index contributed by atoms with van der Waals surface area (Å²) < 4.78 is 2.28. The van der Waals surface area contributed by atoms with E-state index in [1.165, 1.54) is 27.9 Å². The molecule has 1 saturated heterocycles. The number of fused-ring (bicyclic) bond motifs is 1. The van der Waals surface area contributed by atoms with Crippen LogP contribution in [0.3, 0.4) is 0 Å². The van der Waals surface area contributed by atoms with Gasteiger partial charge in [0.05, 0.1) is 4.88 Å². The molecule has 1 unspecified atom stereocenters. The molecule has 112 valence electrons. The third-order valence-electron chi connectivity index (χ3n) is 4.61. The zero-order valence-electron chi connectivity index (χ0n) is 12.5. The van der Waals surface area contributed by atoms with Crippen LogP contribution in [0.15, 0.2) is 47.8 Å². The molecule has 0 spiro atoms. The van der Waals surface area contributed by atoms with Crippen LogP contribution in [0, 0.1) is 0 Å². The molecule has 1 amide bonds. The van der Waals surface area contributed by atoms with Crippen molar-refractivity contribution in [1.29, 1.82) is 0 Å². The maximum absolute atomic E-state index is 12.5. The molecule has 1 aromatic carbocycles. The van der Waals surface area contributed by atoms with Crippen molar-refractivity contribution in [2.75, 3.05) is 13.1 Å². The predicted molar refractivity (Wildman–Crippen MR) is 90.5 cm³/mol. The Morgan fingerprint density at radius 2 is 2.09 bits per heavy atom. The van der Waals surface area contributed by atoms with Gasteiger partial charge in [-0.1, -0.05) is 24.3 Å². The number of nitrogens with zero attached hydrogens (tertiary/aromatic N) is 2. The number of amides is 1. The third kappa shape index (κ3) is 2.15. The smallest absolute Gasteiger partial charge is 0.263 e. The van der Waals surface area contributed by atoms with E-state index in [1.54, 1.807) is 0 Å². The lowest BCUT2D eigenvalue weighted by molar-refractivity contribution is 0.0795. The molecule has 4 rings (SSSR count). The van der Waals surface area contributed by atoms with Crippen LogP contribution >= 0.6 is 11.3 Å². The second-order valence-corrected chi connectivity index (χ2v) is 6.85. The number of hydrogen-bond acceptors (Lipinski definition) is 2. The summed E-state index contributed by atoms with van der Waals surface area (Å²) in [7, 11) is 2.13. The first-order valence-electron chi connectivity index (χ1n) is 7.61. The fourth-order valence-corrected chi connectivity index (χ4v) is 4.14. The van der Waals surface area contributed by atoms with E-state index in [9.17, 15) is 4.79 Å². The molecular weight excluding hydrogens is 292 g/mol. The van der Waals surface area contributed by atoms with Crippen molar-refractivity contribution in [1.82, 2.24) is 9.47 Å². The molecule has 3 nitrogen and oxygen atoms in total. The summed E-state index contributed by atoms with van der Waals surface area (Å²) in [5.41, 5.74) is 2.60. The van der Waals surface area contributed by atoms with Crippen molar-refractivity contribution in [3.05, 3.63) is 58.4 Å². The minimum absolute atomic E-state index is 0.177. The molecule has 22 heavy (non-hydrogen) atoms. The number of aromatic nitrogens is 1. The first kappa shape index (κ1) is 13.6. The van der Waals surface area contributed by atoms with Gasteiger partial charge in [-0.25, -0.2) is 0 Å². The maximum Gasteiger partial charge on any atom is 0.263 e. The number of aryl methyl sites for hydroxylation is 1. The van der Waals surface area contributed by atoms with Crippen LogP contribution in [-0.4, -0.2) is 28.5 Å². The standard InChI is InChI=1S/C18H18N2OS/c1-19-15-6-3-2-5-13(15)11-16(19)14-8-9-20(12-14)18(21)17-7-4-10-22-17/h2-7,10-11,14H,8-9,12H2,1H3. The highest BCUT2D eigenvalue weighted by Gasteiger charge is 2.30. The summed E-state index contributed by atoms with van der Waals surface area (Å²) in [5, 5.41) is 3.24. The Hall–Kier alpha value is -2.07. The molecule has 4 heteroatoms. The Kier molecular flexibility index (Phi) is 3.26. The van der Waals surface area contributed by atoms with Gasteiger partial charge < -0.3 is 9.47 Å². The number of hydrogen-bond donors (Lipinski definition) is 0.